The average molecular weight is 487 g/mol. The van der Waals surface area contributed by atoms with Crippen LogP contribution in [-0.2, 0) is 36.7 Å². The molecule has 0 N–H and O–H groups in total. The van der Waals surface area contributed by atoms with Crippen LogP contribution in [0.3, 0.4) is 0 Å². The lowest BCUT2D eigenvalue weighted by molar-refractivity contribution is 0.385. The van der Waals surface area contributed by atoms with Gasteiger partial charge in [0.15, 0.2) is 11.2 Å². The third kappa shape index (κ3) is 3.25. The molecule has 0 aliphatic heterocycles. The maximum atomic E-state index is 13.2. The third-order valence-corrected chi connectivity index (χ3v) is 6.86. The zero-order valence-electron chi connectivity index (χ0n) is 16.4. The van der Waals surface area contributed by atoms with Gasteiger partial charge in [-0.05, 0) is 28.1 Å². The highest BCUT2D eigenvalue weighted by molar-refractivity contribution is 9.10. The summed E-state index contributed by atoms with van der Waals surface area (Å²) >= 11 is 3.33. The van der Waals surface area contributed by atoms with Gasteiger partial charge in [-0.25, -0.2) is 13.2 Å². The van der Waals surface area contributed by atoms with Gasteiger partial charge in [0.05, 0.1) is 30.0 Å². The quantitative estimate of drug-likeness (QED) is 0.521. The molecule has 0 saturated carbocycles. The van der Waals surface area contributed by atoms with Crippen LogP contribution in [0.1, 0.15) is 5.56 Å². The second kappa shape index (κ2) is 7.34. The second-order valence-corrected chi connectivity index (χ2v) is 9.09. The van der Waals surface area contributed by atoms with Crippen molar-refractivity contribution in [2.75, 3.05) is 14.2 Å². The molecule has 2 heterocycles. The van der Waals surface area contributed by atoms with Crippen molar-refractivity contribution >= 4 is 36.9 Å². The van der Waals surface area contributed by atoms with Gasteiger partial charge in [0, 0.05) is 21.1 Å². The van der Waals surface area contributed by atoms with E-state index in [0.717, 1.165) is 9.13 Å². The van der Waals surface area contributed by atoms with Crippen LogP contribution in [0, 0.1) is 0 Å². The molecule has 10 nitrogen and oxygen atoms in total. The molecule has 2 aromatic heterocycles. The molecule has 0 spiro atoms. The summed E-state index contributed by atoms with van der Waals surface area (Å²) in [4.78, 5) is 28.8. The molecule has 29 heavy (non-hydrogen) atoms. The maximum absolute atomic E-state index is 13.2. The highest BCUT2D eigenvalue weighted by Crippen LogP contribution is 2.37. The van der Waals surface area contributed by atoms with E-state index in [9.17, 15) is 18.0 Å². The van der Waals surface area contributed by atoms with E-state index in [1.807, 2.05) is 0 Å². The number of ether oxygens (including phenoxy) is 2. The largest absolute Gasteiger partial charge is 0.496 e. The first-order valence-corrected chi connectivity index (χ1v) is 10.7. The van der Waals surface area contributed by atoms with Crippen molar-refractivity contribution in [3.63, 3.8) is 0 Å². The molecule has 3 aromatic rings. The van der Waals surface area contributed by atoms with Gasteiger partial charge in [-0.1, -0.05) is 0 Å². The fraction of sp³-hybridized carbons (Fsp3) is 0.353. The maximum Gasteiger partial charge on any atom is 0.332 e. The molecule has 0 aliphatic rings. The number of rotatable bonds is 5. The number of halogens is 1. The van der Waals surface area contributed by atoms with Gasteiger partial charge in [-0.15, -0.1) is 0 Å². The molecule has 0 radical (unpaired) electrons. The van der Waals surface area contributed by atoms with E-state index in [1.54, 1.807) is 12.1 Å². The number of fused-ring (bicyclic) bond motifs is 1. The van der Waals surface area contributed by atoms with E-state index in [1.165, 1.54) is 39.9 Å². The lowest BCUT2D eigenvalue weighted by Crippen LogP contribution is -2.37. The third-order valence-electron chi connectivity index (χ3n) is 4.64. The lowest BCUT2D eigenvalue weighted by Gasteiger charge is -2.14. The van der Waals surface area contributed by atoms with Crippen LogP contribution in [0.5, 0.6) is 11.5 Å². The summed E-state index contributed by atoms with van der Waals surface area (Å²) in [6.45, 7) is 0. The van der Waals surface area contributed by atoms with E-state index < -0.39 is 26.8 Å². The number of aromatic nitrogens is 4. The predicted octanol–water partition coefficient (Wildman–Crippen LogP) is 0.724. The number of benzene rings is 1. The summed E-state index contributed by atoms with van der Waals surface area (Å²) in [5.41, 5.74) is -0.913. The van der Waals surface area contributed by atoms with Crippen LogP contribution in [0.4, 0.5) is 0 Å². The Balaban J connectivity index is 2.27. The molecular weight excluding hydrogens is 468 g/mol. The van der Waals surface area contributed by atoms with E-state index in [2.05, 4.69) is 20.9 Å². The molecule has 0 atom stereocenters. The van der Waals surface area contributed by atoms with Crippen molar-refractivity contribution < 1.29 is 17.9 Å². The van der Waals surface area contributed by atoms with E-state index in [0.29, 0.717) is 21.5 Å². The van der Waals surface area contributed by atoms with Gasteiger partial charge in [-0.3, -0.25) is 13.9 Å². The van der Waals surface area contributed by atoms with Gasteiger partial charge in [-0.2, -0.15) is 4.98 Å². The van der Waals surface area contributed by atoms with Gasteiger partial charge in [0.1, 0.15) is 11.5 Å². The lowest BCUT2D eigenvalue weighted by atomic mass is 10.2. The molecule has 156 valence electrons. The highest BCUT2D eigenvalue weighted by atomic mass is 79.9. The fourth-order valence-electron chi connectivity index (χ4n) is 3.16. The molecular formula is C17H19BrN4O6S. The highest BCUT2D eigenvalue weighted by Gasteiger charge is 2.29. The summed E-state index contributed by atoms with van der Waals surface area (Å²) in [5.74, 6) is 0.162. The van der Waals surface area contributed by atoms with Crippen molar-refractivity contribution in [1.29, 1.82) is 0 Å². The molecule has 0 bridgehead atoms. The smallest absolute Gasteiger partial charge is 0.332 e. The monoisotopic (exact) mass is 486 g/mol. The molecule has 1 aromatic carbocycles. The van der Waals surface area contributed by atoms with Crippen molar-refractivity contribution in [2.45, 2.75) is 10.9 Å². The Kier molecular flexibility index (Phi) is 5.34. The fourth-order valence-corrected chi connectivity index (χ4v) is 5.21. The minimum absolute atomic E-state index is 0.00709. The Hall–Kier alpha value is -2.60. The molecule has 0 aliphatic carbocycles. The minimum Gasteiger partial charge on any atom is -0.496 e. The standard InChI is InChI=1S/C17H19BrN4O6S/c1-20-12-14(21(2)17(24)22(3)15(12)23)19-16(20)29(25,26)8-9-11(27-4)7-6-10(18)13(9)28-5/h6-7H,8H2,1-5H3. The molecule has 0 saturated heterocycles. The van der Waals surface area contributed by atoms with Crippen LogP contribution in [0.25, 0.3) is 11.2 Å². The SMILES string of the molecule is COc1ccc(Br)c(OC)c1CS(=O)(=O)c1nc2c(c(=O)n(C)c(=O)n2C)n1C. The van der Waals surface area contributed by atoms with Gasteiger partial charge in [0.25, 0.3) is 5.56 Å². The number of nitrogens with zero attached hydrogens (tertiary/aromatic N) is 4. The van der Waals surface area contributed by atoms with Crippen LogP contribution in [-0.4, -0.2) is 41.3 Å². The van der Waals surface area contributed by atoms with Gasteiger partial charge < -0.3 is 14.0 Å². The van der Waals surface area contributed by atoms with Gasteiger partial charge in [0.2, 0.25) is 15.0 Å². The van der Waals surface area contributed by atoms with Gasteiger partial charge >= 0.3 is 5.69 Å². The topological polar surface area (TPSA) is 114 Å². The van der Waals surface area contributed by atoms with Crippen LogP contribution in [0.15, 0.2) is 31.4 Å². The first-order chi connectivity index (χ1) is 13.5. The zero-order valence-corrected chi connectivity index (χ0v) is 18.8. The molecule has 0 unspecified atom stereocenters. The normalized spacial score (nSPS) is 11.8. The molecule has 12 heteroatoms. The average Bonchev–Trinajstić information content (AvgIpc) is 3.03. The molecule has 0 fully saturated rings. The number of hydrogen-bond acceptors (Lipinski definition) is 7. The summed E-state index contributed by atoms with van der Waals surface area (Å²) in [6.07, 6.45) is 0. The summed E-state index contributed by atoms with van der Waals surface area (Å²) < 4.78 is 40.9. The Morgan fingerprint density at radius 3 is 2.28 bits per heavy atom. The Bertz CT molecular complexity index is 1350. The molecule has 0 amide bonds. The van der Waals surface area contributed by atoms with Crippen molar-refractivity contribution in [1.82, 2.24) is 18.7 Å². The Morgan fingerprint density at radius 1 is 1.03 bits per heavy atom. The number of aryl methyl sites for hydroxylation is 2. The summed E-state index contributed by atoms with van der Waals surface area (Å²) in [5, 5.41) is -0.338. The van der Waals surface area contributed by atoms with Crippen LogP contribution >= 0.6 is 15.9 Å². The van der Waals surface area contributed by atoms with E-state index in [4.69, 9.17) is 9.47 Å². The predicted molar refractivity (Wildman–Crippen MR) is 109 cm³/mol. The Morgan fingerprint density at radius 2 is 1.69 bits per heavy atom. The number of hydrogen-bond donors (Lipinski definition) is 0. The van der Waals surface area contributed by atoms with Crippen LogP contribution in [0.2, 0.25) is 0 Å². The number of sulfone groups is 1. The number of methoxy groups -OCH3 is 2. The van der Waals surface area contributed by atoms with Crippen molar-refractivity contribution in [3.05, 3.63) is 43.0 Å². The zero-order chi connectivity index (χ0) is 21.7. The Labute approximate surface area is 174 Å². The first kappa shape index (κ1) is 21.1. The van der Waals surface area contributed by atoms with Crippen LogP contribution < -0.4 is 20.7 Å². The van der Waals surface area contributed by atoms with E-state index in [-0.39, 0.29) is 16.3 Å². The second-order valence-electron chi connectivity index (χ2n) is 6.35. The molecule has 3 rings (SSSR count). The van der Waals surface area contributed by atoms with E-state index >= 15 is 0 Å². The number of imidazole rings is 1. The van der Waals surface area contributed by atoms with Crippen molar-refractivity contribution in [3.8, 4) is 11.5 Å². The summed E-state index contributed by atoms with van der Waals surface area (Å²) in [7, 11) is 2.97. The van der Waals surface area contributed by atoms with Crippen molar-refractivity contribution in [2.24, 2.45) is 21.1 Å². The minimum atomic E-state index is -4.04. The first-order valence-electron chi connectivity index (χ1n) is 8.29. The summed E-state index contributed by atoms with van der Waals surface area (Å²) in [6, 6.07) is 3.30.